The van der Waals surface area contributed by atoms with E-state index in [2.05, 4.69) is 10.4 Å². The Bertz CT molecular complexity index is 540. The molecule has 0 spiro atoms. The fourth-order valence-corrected chi connectivity index (χ4v) is 2.00. The molecule has 90 valence electrons. The molecule has 1 aromatic carbocycles. The fourth-order valence-electron chi connectivity index (χ4n) is 1.46. The Hall–Kier alpha value is -1.39. The first kappa shape index (κ1) is 12.1. The number of hydrogen-bond acceptors (Lipinski definition) is 3. The van der Waals surface area contributed by atoms with E-state index in [9.17, 15) is 5.11 Å². The van der Waals surface area contributed by atoms with Gasteiger partial charge in [0.15, 0.2) is 0 Å². The molecule has 0 aliphatic rings. The Balaban J connectivity index is 2.14. The van der Waals surface area contributed by atoms with E-state index in [1.165, 1.54) is 6.07 Å². The van der Waals surface area contributed by atoms with Crippen LogP contribution in [0.15, 0.2) is 24.5 Å². The molecule has 6 heteroatoms. The summed E-state index contributed by atoms with van der Waals surface area (Å²) in [5, 5.41) is 17.6. The summed E-state index contributed by atoms with van der Waals surface area (Å²) in [6, 6.07) is 3.18. The molecule has 4 nitrogen and oxygen atoms in total. The maximum absolute atomic E-state index is 9.75. The Morgan fingerprint density at radius 3 is 2.82 bits per heavy atom. The van der Waals surface area contributed by atoms with Crippen molar-refractivity contribution in [2.24, 2.45) is 7.05 Å². The summed E-state index contributed by atoms with van der Waals surface area (Å²) in [6.07, 6.45) is 3.53. The summed E-state index contributed by atoms with van der Waals surface area (Å²) in [5.41, 5.74) is 1.51. The molecular formula is C11H11Cl2N3O. The van der Waals surface area contributed by atoms with Crippen molar-refractivity contribution in [3.05, 3.63) is 40.1 Å². The van der Waals surface area contributed by atoms with Gasteiger partial charge in [0.05, 0.1) is 16.9 Å². The van der Waals surface area contributed by atoms with Gasteiger partial charge in [-0.1, -0.05) is 23.2 Å². The molecule has 0 amide bonds. The number of nitrogens with zero attached hydrogens (tertiary/aromatic N) is 2. The second kappa shape index (κ2) is 4.85. The van der Waals surface area contributed by atoms with E-state index in [1.807, 2.05) is 13.2 Å². The molecule has 0 saturated heterocycles. The summed E-state index contributed by atoms with van der Waals surface area (Å²) in [7, 11) is 1.83. The zero-order valence-corrected chi connectivity index (χ0v) is 10.6. The minimum Gasteiger partial charge on any atom is -0.506 e. The third-order valence-electron chi connectivity index (χ3n) is 2.29. The highest BCUT2D eigenvalue weighted by Crippen LogP contribution is 2.31. The van der Waals surface area contributed by atoms with Crippen LogP contribution in [0.1, 0.15) is 5.56 Å². The largest absolute Gasteiger partial charge is 0.506 e. The summed E-state index contributed by atoms with van der Waals surface area (Å²) >= 11 is 11.7. The number of phenols is 1. The first-order valence-electron chi connectivity index (χ1n) is 4.95. The van der Waals surface area contributed by atoms with Gasteiger partial charge in [-0.2, -0.15) is 5.10 Å². The van der Waals surface area contributed by atoms with Crippen molar-refractivity contribution in [3.63, 3.8) is 0 Å². The van der Waals surface area contributed by atoms with Gasteiger partial charge in [0, 0.05) is 30.4 Å². The molecule has 2 rings (SSSR count). The van der Waals surface area contributed by atoms with E-state index in [4.69, 9.17) is 23.2 Å². The molecule has 0 radical (unpaired) electrons. The van der Waals surface area contributed by atoms with Crippen molar-refractivity contribution >= 4 is 28.9 Å². The van der Waals surface area contributed by atoms with Crippen LogP contribution >= 0.6 is 23.2 Å². The van der Waals surface area contributed by atoms with Crippen LogP contribution in [0.3, 0.4) is 0 Å². The molecule has 0 aliphatic carbocycles. The van der Waals surface area contributed by atoms with Gasteiger partial charge in [-0.3, -0.25) is 4.68 Å². The van der Waals surface area contributed by atoms with Gasteiger partial charge in [0.1, 0.15) is 5.75 Å². The number of rotatable bonds is 3. The third-order valence-corrected chi connectivity index (χ3v) is 2.80. The van der Waals surface area contributed by atoms with Gasteiger partial charge < -0.3 is 10.4 Å². The van der Waals surface area contributed by atoms with Gasteiger partial charge >= 0.3 is 0 Å². The molecular weight excluding hydrogens is 261 g/mol. The normalized spacial score (nSPS) is 10.5. The predicted molar refractivity (Wildman–Crippen MR) is 68.7 cm³/mol. The lowest BCUT2D eigenvalue weighted by atomic mass is 10.2. The fraction of sp³-hybridized carbons (Fsp3) is 0.182. The molecule has 0 aliphatic heterocycles. The van der Waals surface area contributed by atoms with E-state index in [0.717, 1.165) is 5.69 Å². The number of phenolic OH excluding ortho intramolecular Hbond substituents is 1. The molecule has 0 unspecified atom stereocenters. The maximum Gasteiger partial charge on any atom is 0.139 e. The first-order chi connectivity index (χ1) is 8.06. The van der Waals surface area contributed by atoms with Crippen molar-refractivity contribution in [2.45, 2.75) is 6.54 Å². The standard InChI is InChI=1S/C11H11Cl2N3O/c1-16-6-9(5-15-16)14-4-7-2-8(12)3-10(13)11(7)17/h2-3,5-6,14,17H,4H2,1H3. The molecule has 2 aromatic rings. The topological polar surface area (TPSA) is 50.1 Å². The summed E-state index contributed by atoms with van der Waals surface area (Å²) in [4.78, 5) is 0. The van der Waals surface area contributed by atoms with Gasteiger partial charge in [-0.05, 0) is 12.1 Å². The van der Waals surface area contributed by atoms with Gasteiger partial charge in [-0.15, -0.1) is 0 Å². The average Bonchev–Trinajstić information content (AvgIpc) is 2.67. The monoisotopic (exact) mass is 271 g/mol. The lowest BCUT2D eigenvalue weighted by Gasteiger charge is -2.08. The molecule has 0 bridgehead atoms. The van der Waals surface area contributed by atoms with E-state index in [-0.39, 0.29) is 10.8 Å². The Kier molecular flexibility index (Phi) is 3.45. The van der Waals surface area contributed by atoms with Crippen LogP contribution < -0.4 is 5.32 Å². The van der Waals surface area contributed by atoms with Crippen LogP contribution in [-0.4, -0.2) is 14.9 Å². The lowest BCUT2D eigenvalue weighted by Crippen LogP contribution is -1.99. The number of anilines is 1. The average molecular weight is 272 g/mol. The van der Waals surface area contributed by atoms with Crippen molar-refractivity contribution in [1.82, 2.24) is 9.78 Å². The SMILES string of the molecule is Cn1cc(NCc2cc(Cl)cc(Cl)c2O)cn1. The quantitative estimate of drug-likeness (QED) is 0.902. The predicted octanol–water partition coefficient (Wildman–Crippen LogP) is 3.04. The van der Waals surface area contributed by atoms with Crippen molar-refractivity contribution in [1.29, 1.82) is 0 Å². The number of hydrogen-bond donors (Lipinski definition) is 2. The van der Waals surface area contributed by atoms with E-state index < -0.39 is 0 Å². The van der Waals surface area contributed by atoms with Crippen molar-refractivity contribution in [2.75, 3.05) is 5.32 Å². The summed E-state index contributed by atoms with van der Waals surface area (Å²) in [6.45, 7) is 0.428. The lowest BCUT2D eigenvalue weighted by molar-refractivity contribution is 0.469. The van der Waals surface area contributed by atoms with Gasteiger partial charge in [-0.25, -0.2) is 0 Å². The van der Waals surface area contributed by atoms with Crippen molar-refractivity contribution in [3.8, 4) is 5.75 Å². The number of aryl methyl sites for hydroxylation is 1. The van der Waals surface area contributed by atoms with Crippen LogP contribution in [0, 0.1) is 0 Å². The van der Waals surface area contributed by atoms with E-state index in [0.29, 0.717) is 17.1 Å². The molecule has 0 fully saturated rings. The van der Waals surface area contributed by atoms with Crippen LogP contribution in [0.25, 0.3) is 0 Å². The number of aromatic nitrogens is 2. The molecule has 1 heterocycles. The number of benzene rings is 1. The summed E-state index contributed by atoms with van der Waals surface area (Å²) in [5.74, 6) is 0.0486. The van der Waals surface area contributed by atoms with Crippen LogP contribution in [0.2, 0.25) is 10.0 Å². The molecule has 2 N–H and O–H groups in total. The second-order valence-electron chi connectivity index (χ2n) is 3.65. The Morgan fingerprint density at radius 1 is 1.41 bits per heavy atom. The highest BCUT2D eigenvalue weighted by atomic mass is 35.5. The second-order valence-corrected chi connectivity index (χ2v) is 4.50. The minimum atomic E-state index is 0.0486. The molecule has 0 atom stereocenters. The highest BCUT2D eigenvalue weighted by molar-refractivity contribution is 6.35. The smallest absolute Gasteiger partial charge is 0.139 e. The molecule has 1 aromatic heterocycles. The zero-order chi connectivity index (χ0) is 12.4. The number of nitrogens with one attached hydrogen (secondary N) is 1. The Morgan fingerprint density at radius 2 is 2.18 bits per heavy atom. The summed E-state index contributed by atoms with van der Waals surface area (Å²) < 4.78 is 1.69. The van der Waals surface area contributed by atoms with Gasteiger partial charge in [0.25, 0.3) is 0 Å². The van der Waals surface area contributed by atoms with E-state index in [1.54, 1.807) is 16.9 Å². The molecule has 17 heavy (non-hydrogen) atoms. The van der Waals surface area contributed by atoms with E-state index >= 15 is 0 Å². The maximum atomic E-state index is 9.75. The number of aromatic hydroxyl groups is 1. The van der Waals surface area contributed by atoms with Crippen LogP contribution in [0.5, 0.6) is 5.75 Å². The number of halogens is 2. The highest BCUT2D eigenvalue weighted by Gasteiger charge is 2.08. The zero-order valence-electron chi connectivity index (χ0n) is 9.11. The first-order valence-corrected chi connectivity index (χ1v) is 5.71. The van der Waals surface area contributed by atoms with Crippen LogP contribution in [-0.2, 0) is 13.6 Å². The van der Waals surface area contributed by atoms with Crippen molar-refractivity contribution < 1.29 is 5.11 Å². The third kappa shape index (κ3) is 2.84. The Labute approximate surface area is 109 Å². The minimum absolute atomic E-state index is 0.0486. The van der Waals surface area contributed by atoms with Crippen LogP contribution in [0.4, 0.5) is 5.69 Å². The molecule has 0 saturated carbocycles. The van der Waals surface area contributed by atoms with Gasteiger partial charge in [0.2, 0.25) is 0 Å².